The molecule has 0 fully saturated rings. The van der Waals surface area contributed by atoms with Crippen molar-refractivity contribution >= 4 is 15.9 Å². The van der Waals surface area contributed by atoms with Gasteiger partial charge in [0.05, 0.1) is 0 Å². The average molecular weight is 313 g/mol. The highest BCUT2D eigenvalue weighted by molar-refractivity contribution is 9.10. The summed E-state index contributed by atoms with van der Waals surface area (Å²) in [6, 6.07) is 8.51. The smallest absolute Gasteiger partial charge is 0.0178 e. The van der Waals surface area contributed by atoms with E-state index in [1.54, 1.807) is 0 Å². The SMILES string of the molecule is CC(C)(C)NCCCNCCc1cccc(Br)c1. The lowest BCUT2D eigenvalue weighted by molar-refractivity contribution is 0.419. The van der Waals surface area contributed by atoms with Crippen LogP contribution in [0.3, 0.4) is 0 Å². The summed E-state index contributed by atoms with van der Waals surface area (Å²) in [4.78, 5) is 0. The van der Waals surface area contributed by atoms with Crippen molar-refractivity contribution in [3.63, 3.8) is 0 Å². The second kappa shape index (κ2) is 7.93. The fraction of sp³-hybridized carbons (Fsp3) is 0.600. The lowest BCUT2D eigenvalue weighted by atomic mass is 10.1. The zero-order valence-corrected chi connectivity index (χ0v) is 13.3. The van der Waals surface area contributed by atoms with Crippen molar-refractivity contribution in [3.05, 3.63) is 34.3 Å². The first-order chi connectivity index (χ1) is 8.47. The van der Waals surface area contributed by atoms with Crippen LogP contribution in [0.2, 0.25) is 0 Å². The van der Waals surface area contributed by atoms with Crippen molar-refractivity contribution in [1.82, 2.24) is 10.6 Å². The third kappa shape index (κ3) is 7.85. The van der Waals surface area contributed by atoms with E-state index in [1.807, 2.05) is 0 Å². The van der Waals surface area contributed by atoms with Gasteiger partial charge in [-0.3, -0.25) is 0 Å². The minimum atomic E-state index is 0.232. The average Bonchev–Trinajstić information content (AvgIpc) is 2.26. The van der Waals surface area contributed by atoms with E-state index in [0.717, 1.165) is 30.5 Å². The Kier molecular flexibility index (Phi) is 6.90. The van der Waals surface area contributed by atoms with Gasteiger partial charge in [0.25, 0.3) is 0 Å². The molecule has 0 radical (unpaired) electrons. The molecule has 0 saturated heterocycles. The number of halogens is 1. The van der Waals surface area contributed by atoms with Crippen LogP contribution in [0.25, 0.3) is 0 Å². The molecule has 0 unspecified atom stereocenters. The molecule has 18 heavy (non-hydrogen) atoms. The van der Waals surface area contributed by atoms with Crippen molar-refractivity contribution in [2.24, 2.45) is 0 Å². The Morgan fingerprint density at radius 3 is 2.56 bits per heavy atom. The van der Waals surface area contributed by atoms with E-state index in [4.69, 9.17) is 0 Å². The number of benzene rings is 1. The molecule has 0 aliphatic heterocycles. The Morgan fingerprint density at radius 1 is 1.11 bits per heavy atom. The second-order valence-electron chi connectivity index (χ2n) is 5.66. The number of rotatable bonds is 7. The molecule has 0 saturated carbocycles. The van der Waals surface area contributed by atoms with Gasteiger partial charge in [-0.2, -0.15) is 0 Å². The Bertz CT molecular complexity index is 345. The van der Waals surface area contributed by atoms with Gasteiger partial charge in [-0.1, -0.05) is 28.1 Å². The Morgan fingerprint density at radius 2 is 1.89 bits per heavy atom. The van der Waals surface area contributed by atoms with Gasteiger partial charge < -0.3 is 10.6 Å². The first kappa shape index (κ1) is 15.7. The van der Waals surface area contributed by atoms with E-state index >= 15 is 0 Å². The summed E-state index contributed by atoms with van der Waals surface area (Å²) in [6.07, 6.45) is 2.27. The molecule has 0 heterocycles. The molecule has 1 aromatic rings. The van der Waals surface area contributed by atoms with Crippen molar-refractivity contribution in [3.8, 4) is 0 Å². The van der Waals surface area contributed by atoms with E-state index < -0.39 is 0 Å². The van der Waals surface area contributed by atoms with Crippen molar-refractivity contribution in [2.45, 2.75) is 39.2 Å². The number of hydrogen-bond acceptors (Lipinski definition) is 2. The van der Waals surface area contributed by atoms with Gasteiger partial charge in [0.2, 0.25) is 0 Å². The van der Waals surface area contributed by atoms with Crippen LogP contribution in [-0.4, -0.2) is 25.2 Å². The lowest BCUT2D eigenvalue weighted by Crippen LogP contribution is -2.37. The van der Waals surface area contributed by atoms with Crippen LogP contribution in [-0.2, 0) is 6.42 Å². The molecule has 0 atom stereocenters. The zero-order chi connectivity index (χ0) is 13.4. The molecule has 102 valence electrons. The van der Waals surface area contributed by atoms with Crippen LogP contribution >= 0.6 is 15.9 Å². The number of nitrogens with one attached hydrogen (secondary N) is 2. The normalized spacial score (nSPS) is 11.8. The second-order valence-corrected chi connectivity index (χ2v) is 6.58. The minimum Gasteiger partial charge on any atom is -0.316 e. The standard InChI is InChI=1S/C15H25BrN2/c1-15(2,3)18-10-5-9-17-11-8-13-6-4-7-14(16)12-13/h4,6-7,12,17-18H,5,8-11H2,1-3H3. The largest absolute Gasteiger partial charge is 0.316 e. The van der Waals surface area contributed by atoms with Crippen LogP contribution in [0.1, 0.15) is 32.8 Å². The van der Waals surface area contributed by atoms with E-state index in [9.17, 15) is 0 Å². The van der Waals surface area contributed by atoms with Gasteiger partial charge >= 0.3 is 0 Å². The maximum Gasteiger partial charge on any atom is 0.0178 e. The fourth-order valence-electron chi connectivity index (χ4n) is 1.73. The van der Waals surface area contributed by atoms with Crippen LogP contribution in [0.5, 0.6) is 0 Å². The molecule has 0 spiro atoms. The maximum atomic E-state index is 3.50. The highest BCUT2D eigenvalue weighted by atomic mass is 79.9. The molecule has 0 amide bonds. The lowest BCUT2D eigenvalue weighted by Gasteiger charge is -2.20. The van der Waals surface area contributed by atoms with Gasteiger partial charge in [0, 0.05) is 10.0 Å². The minimum absolute atomic E-state index is 0.232. The molecule has 0 bridgehead atoms. The Balaban J connectivity index is 2.02. The highest BCUT2D eigenvalue weighted by Crippen LogP contribution is 2.11. The summed E-state index contributed by atoms with van der Waals surface area (Å²) in [5.41, 5.74) is 1.61. The van der Waals surface area contributed by atoms with Crippen molar-refractivity contribution in [2.75, 3.05) is 19.6 Å². The molecular formula is C15H25BrN2. The van der Waals surface area contributed by atoms with Crippen LogP contribution < -0.4 is 10.6 Å². The van der Waals surface area contributed by atoms with Crippen LogP contribution in [0.15, 0.2) is 28.7 Å². The quantitative estimate of drug-likeness (QED) is 0.754. The first-order valence-corrected chi connectivity index (χ1v) is 7.47. The number of hydrogen-bond donors (Lipinski definition) is 2. The Labute approximate surface area is 120 Å². The van der Waals surface area contributed by atoms with E-state index in [2.05, 4.69) is 71.6 Å². The molecule has 3 heteroatoms. The maximum absolute atomic E-state index is 3.50. The summed E-state index contributed by atoms with van der Waals surface area (Å²) in [5.74, 6) is 0. The van der Waals surface area contributed by atoms with Crippen LogP contribution in [0.4, 0.5) is 0 Å². The van der Waals surface area contributed by atoms with Gasteiger partial charge in [-0.05, 0) is 70.9 Å². The van der Waals surface area contributed by atoms with Gasteiger partial charge in [0.15, 0.2) is 0 Å². The van der Waals surface area contributed by atoms with E-state index in [1.165, 1.54) is 12.0 Å². The molecule has 2 nitrogen and oxygen atoms in total. The van der Waals surface area contributed by atoms with Crippen molar-refractivity contribution in [1.29, 1.82) is 0 Å². The molecule has 1 rings (SSSR count). The molecule has 1 aromatic carbocycles. The topological polar surface area (TPSA) is 24.1 Å². The zero-order valence-electron chi connectivity index (χ0n) is 11.7. The third-order valence-electron chi connectivity index (χ3n) is 2.67. The summed E-state index contributed by atoms with van der Waals surface area (Å²) in [6.45, 7) is 9.81. The summed E-state index contributed by atoms with van der Waals surface area (Å²) in [7, 11) is 0. The Hall–Kier alpha value is -0.380. The molecule has 2 N–H and O–H groups in total. The third-order valence-corrected chi connectivity index (χ3v) is 3.16. The van der Waals surface area contributed by atoms with Crippen LogP contribution in [0, 0.1) is 0 Å². The highest BCUT2D eigenvalue weighted by Gasteiger charge is 2.06. The van der Waals surface area contributed by atoms with E-state index in [-0.39, 0.29) is 5.54 Å². The summed E-state index contributed by atoms with van der Waals surface area (Å²) < 4.78 is 1.16. The fourth-order valence-corrected chi connectivity index (χ4v) is 2.17. The first-order valence-electron chi connectivity index (χ1n) is 6.67. The predicted molar refractivity (Wildman–Crippen MR) is 83.1 cm³/mol. The van der Waals surface area contributed by atoms with Gasteiger partial charge in [-0.25, -0.2) is 0 Å². The van der Waals surface area contributed by atoms with E-state index in [0.29, 0.717) is 0 Å². The molecule has 0 aromatic heterocycles. The summed E-state index contributed by atoms with van der Waals surface area (Å²) >= 11 is 3.50. The molecule has 0 aliphatic rings. The van der Waals surface area contributed by atoms with Gasteiger partial charge in [-0.15, -0.1) is 0 Å². The predicted octanol–water partition coefficient (Wildman–Crippen LogP) is 3.36. The summed E-state index contributed by atoms with van der Waals surface area (Å²) in [5, 5.41) is 6.98. The van der Waals surface area contributed by atoms with Gasteiger partial charge in [0.1, 0.15) is 0 Å². The monoisotopic (exact) mass is 312 g/mol. The van der Waals surface area contributed by atoms with Crippen molar-refractivity contribution < 1.29 is 0 Å². The molecular weight excluding hydrogens is 288 g/mol. The molecule has 0 aliphatic carbocycles.